The van der Waals surface area contributed by atoms with Crippen molar-refractivity contribution in [1.29, 1.82) is 0 Å². The van der Waals surface area contributed by atoms with E-state index in [1.54, 1.807) is 12.1 Å². The second kappa shape index (κ2) is 8.51. The van der Waals surface area contributed by atoms with Crippen LogP contribution in [-0.2, 0) is 19.3 Å². The smallest absolute Gasteiger partial charge is 0.258 e. The molecule has 3 aromatic rings. The molecule has 29 heavy (non-hydrogen) atoms. The minimum absolute atomic E-state index is 0.156. The SMILES string of the molecule is CCc1ccccc1NC(=O)c1c(NC(=O)c2ccc(Br)cc2)sc2c1CCC2. The Kier molecular flexibility index (Phi) is 5.83. The molecule has 0 aliphatic heterocycles. The van der Waals surface area contributed by atoms with Crippen molar-refractivity contribution in [2.45, 2.75) is 32.6 Å². The monoisotopic (exact) mass is 468 g/mol. The molecule has 0 unspecified atom stereocenters. The van der Waals surface area contributed by atoms with E-state index in [1.807, 2.05) is 36.4 Å². The molecule has 1 aliphatic carbocycles. The third kappa shape index (κ3) is 4.14. The zero-order valence-corrected chi connectivity index (χ0v) is 18.5. The van der Waals surface area contributed by atoms with Crippen LogP contribution in [-0.4, -0.2) is 11.8 Å². The van der Waals surface area contributed by atoms with Crippen molar-refractivity contribution in [2.24, 2.45) is 0 Å². The van der Waals surface area contributed by atoms with Gasteiger partial charge >= 0.3 is 0 Å². The van der Waals surface area contributed by atoms with Gasteiger partial charge in [0.05, 0.1) is 5.56 Å². The molecule has 1 heterocycles. The van der Waals surface area contributed by atoms with E-state index in [1.165, 1.54) is 16.2 Å². The second-order valence-electron chi connectivity index (χ2n) is 6.99. The highest BCUT2D eigenvalue weighted by atomic mass is 79.9. The normalized spacial score (nSPS) is 12.5. The second-order valence-corrected chi connectivity index (χ2v) is 9.01. The van der Waals surface area contributed by atoms with Crippen molar-refractivity contribution in [2.75, 3.05) is 10.6 Å². The van der Waals surface area contributed by atoms with Gasteiger partial charge in [-0.15, -0.1) is 11.3 Å². The van der Waals surface area contributed by atoms with E-state index >= 15 is 0 Å². The van der Waals surface area contributed by atoms with Gasteiger partial charge in [-0.25, -0.2) is 0 Å². The summed E-state index contributed by atoms with van der Waals surface area (Å²) in [5.41, 5.74) is 4.16. The van der Waals surface area contributed by atoms with Gasteiger partial charge in [0.15, 0.2) is 0 Å². The molecule has 2 N–H and O–H groups in total. The molecule has 6 heteroatoms. The highest BCUT2D eigenvalue weighted by molar-refractivity contribution is 9.10. The van der Waals surface area contributed by atoms with E-state index in [4.69, 9.17) is 0 Å². The molecule has 1 aliphatic rings. The minimum Gasteiger partial charge on any atom is -0.322 e. The van der Waals surface area contributed by atoms with E-state index in [9.17, 15) is 9.59 Å². The van der Waals surface area contributed by atoms with Crippen molar-refractivity contribution < 1.29 is 9.59 Å². The zero-order chi connectivity index (χ0) is 20.4. The first kappa shape index (κ1) is 19.9. The largest absolute Gasteiger partial charge is 0.322 e. The average Bonchev–Trinajstić information content (AvgIpc) is 3.29. The van der Waals surface area contributed by atoms with E-state index in [-0.39, 0.29) is 11.8 Å². The van der Waals surface area contributed by atoms with Gasteiger partial charge in [0.2, 0.25) is 0 Å². The van der Waals surface area contributed by atoms with Crippen molar-refractivity contribution in [1.82, 2.24) is 0 Å². The van der Waals surface area contributed by atoms with Crippen LogP contribution in [0.25, 0.3) is 0 Å². The maximum absolute atomic E-state index is 13.2. The average molecular weight is 469 g/mol. The summed E-state index contributed by atoms with van der Waals surface area (Å²) >= 11 is 4.90. The van der Waals surface area contributed by atoms with Crippen molar-refractivity contribution >= 4 is 49.8 Å². The van der Waals surface area contributed by atoms with Gasteiger partial charge in [0.25, 0.3) is 11.8 Å². The van der Waals surface area contributed by atoms with Gasteiger partial charge in [-0.2, -0.15) is 0 Å². The lowest BCUT2D eigenvalue weighted by Gasteiger charge is -2.12. The fourth-order valence-electron chi connectivity index (χ4n) is 3.64. The van der Waals surface area contributed by atoms with Crippen LogP contribution in [0.1, 0.15) is 50.1 Å². The Morgan fingerprint density at radius 1 is 1.00 bits per heavy atom. The Balaban J connectivity index is 1.63. The fourth-order valence-corrected chi connectivity index (χ4v) is 5.19. The number of carbonyl (C=O) groups is 2. The molecule has 0 atom stereocenters. The summed E-state index contributed by atoms with van der Waals surface area (Å²) in [7, 11) is 0. The number of hydrogen-bond acceptors (Lipinski definition) is 3. The first-order chi connectivity index (χ1) is 14.1. The molecule has 148 valence electrons. The van der Waals surface area contributed by atoms with Crippen LogP contribution in [0.5, 0.6) is 0 Å². The quantitative estimate of drug-likeness (QED) is 0.477. The lowest BCUT2D eigenvalue weighted by Crippen LogP contribution is -2.18. The maximum atomic E-state index is 13.2. The molecule has 2 amide bonds. The molecular weight excluding hydrogens is 448 g/mol. The van der Waals surface area contributed by atoms with Gasteiger partial charge in [0, 0.05) is 20.6 Å². The van der Waals surface area contributed by atoms with Gasteiger partial charge < -0.3 is 10.6 Å². The summed E-state index contributed by atoms with van der Waals surface area (Å²) in [6.45, 7) is 2.07. The van der Waals surface area contributed by atoms with Crippen LogP contribution in [0.2, 0.25) is 0 Å². The predicted octanol–water partition coefficient (Wildman–Crippen LogP) is 6.07. The van der Waals surface area contributed by atoms with E-state index < -0.39 is 0 Å². The zero-order valence-electron chi connectivity index (χ0n) is 16.0. The molecule has 4 rings (SSSR count). The summed E-state index contributed by atoms with van der Waals surface area (Å²) in [6, 6.07) is 15.0. The number of hydrogen-bond donors (Lipinski definition) is 2. The number of thiophene rings is 1. The Morgan fingerprint density at radius 2 is 1.76 bits per heavy atom. The molecule has 0 bridgehead atoms. The number of benzene rings is 2. The van der Waals surface area contributed by atoms with Crippen molar-refractivity contribution in [3.63, 3.8) is 0 Å². The number of amides is 2. The van der Waals surface area contributed by atoms with Gasteiger partial charge in [-0.1, -0.05) is 41.1 Å². The number of rotatable bonds is 5. The number of para-hydroxylation sites is 1. The van der Waals surface area contributed by atoms with Crippen LogP contribution in [0.15, 0.2) is 53.0 Å². The number of aryl methyl sites for hydroxylation is 2. The van der Waals surface area contributed by atoms with Crippen LogP contribution in [0.4, 0.5) is 10.7 Å². The Bertz CT molecular complexity index is 1070. The molecule has 2 aromatic carbocycles. The topological polar surface area (TPSA) is 58.2 Å². The summed E-state index contributed by atoms with van der Waals surface area (Å²) in [5.74, 6) is -0.364. The standard InChI is InChI=1S/C23H21BrN2O2S/c1-2-14-6-3-4-8-18(14)25-22(28)20-17-7-5-9-19(17)29-23(20)26-21(27)15-10-12-16(24)13-11-15/h3-4,6,8,10-13H,2,5,7,9H2,1H3,(H,25,28)(H,26,27). The van der Waals surface area contributed by atoms with E-state index in [0.29, 0.717) is 16.1 Å². The van der Waals surface area contributed by atoms with Crippen molar-refractivity contribution in [3.8, 4) is 0 Å². The van der Waals surface area contributed by atoms with Gasteiger partial charge in [-0.05, 0) is 67.1 Å². The summed E-state index contributed by atoms with van der Waals surface area (Å²) < 4.78 is 0.916. The Labute approximate surface area is 182 Å². The van der Waals surface area contributed by atoms with Crippen LogP contribution in [0.3, 0.4) is 0 Å². The van der Waals surface area contributed by atoms with Gasteiger partial charge in [0.1, 0.15) is 5.00 Å². The molecule has 0 fully saturated rings. The predicted molar refractivity (Wildman–Crippen MR) is 122 cm³/mol. The summed E-state index contributed by atoms with van der Waals surface area (Å²) in [6.07, 6.45) is 3.72. The highest BCUT2D eigenvalue weighted by Gasteiger charge is 2.28. The molecule has 0 spiro atoms. The molecule has 4 nitrogen and oxygen atoms in total. The highest BCUT2D eigenvalue weighted by Crippen LogP contribution is 2.39. The lowest BCUT2D eigenvalue weighted by molar-refractivity contribution is 0.102. The summed E-state index contributed by atoms with van der Waals surface area (Å²) in [5, 5.41) is 6.67. The van der Waals surface area contributed by atoms with E-state index in [2.05, 4.69) is 33.5 Å². The van der Waals surface area contributed by atoms with Crippen LogP contribution < -0.4 is 10.6 Å². The first-order valence-corrected chi connectivity index (χ1v) is 11.3. The number of halogens is 1. The molecule has 0 saturated heterocycles. The third-order valence-corrected chi connectivity index (χ3v) is 6.86. The third-order valence-electron chi connectivity index (χ3n) is 5.13. The van der Waals surface area contributed by atoms with Crippen LogP contribution in [0, 0.1) is 0 Å². The minimum atomic E-state index is -0.208. The van der Waals surface area contributed by atoms with Crippen LogP contribution >= 0.6 is 27.3 Å². The fraction of sp³-hybridized carbons (Fsp3) is 0.217. The Hall–Kier alpha value is -2.44. The lowest BCUT2D eigenvalue weighted by atomic mass is 10.1. The van der Waals surface area contributed by atoms with E-state index in [0.717, 1.165) is 47.0 Å². The molecular formula is C23H21BrN2O2S. The maximum Gasteiger partial charge on any atom is 0.258 e. The Morgan fingerprint density at radius 3 is 2.52 bits per heavy atom. The number of carbonyl (C=O) groups excluding carboxylic acids is 2. The van der Waals surface area contributed by atoms with Gasteiger partial charge in [-0.3, -0.25) is 9.59 Å². The molecule has 1 aromatic heterocycles. The van der Waals surface area contributed by atoms with Crippen molar-refractivity contribution in [3.05, 3.63) is 80.1 Å². The summed E-state index contributed by atoms with van der Waals surface area (Å²) in [4.78, 5) is 27.2. The molecule has 0 saturated carbocycles. The number of nitrogens with one attached hydrogen (secondary N) is 2. The number of fused-ring (bicyclic) bond motifs is 1. The first-order valence-electron chi connectivity index (χ1n) is 9.67. The number of anilines is 2. The molecule has 0 radical (unpaired) electrons.